The van der Waals surface area contributed by atoms with E-state index in [-0.39, 0.29) is 23.8 Å². The first-order valence-corrected chi connectivity index (χ1v) is 9.45. The first-order chi connectivity index (χ1) is 14.9. The van der Waals surface area contributed by atoms with Crippen molar-refractivity contribution < 1.29 is 19.2 Å². The Morgan fingerprint density at radius 2 is 1.87 bits per heavy atom. The van der Waals surface area contributed by atoms with Crippen molar-refractivity contribution in [2.24, 2.45) is 0 Å². The molecule has 0 saturated carbocycles. The van der Waals surface area contributed by atoms with Crippen LogP contribution in [0.4, 0.5) is 11.4 Å². The van der Waals surface area contributed by atoms with Gasteiger partial charge < -0.3 is 15.0 Å². The van der Waals surface area contributed by atoms with Gasteiger partial charge in [0.25, 0.3) is 11.6 Å². The lowest BCUT2D eigenvalue weighted by molar-refractivity contribution is -0.384. The van der Waals surface area contributed by atoms with Crippen LogP contribution in [0.1, 0.15) is 17.4 Å². The number of benzene rings is 2. The predicted octanol–water partition coefficient (Wildman–Crippen LogP) is 2.89. The fraction of sp³-hybridized carbons (Fsp3) is 0.190. The average Bonchev–Trinajstić information content (AvgIpc) is 3.27. The van der Waals surface area contributed by atoms with E-state index in [1.165, 1.54) is 47.0 Å². The van der Waals surface area contributed by atoms with Crippen LogP contribution in [0.25, 0.3) is 5.69 Å². The van der Waals surface area contributed by atoms with E-state index in [4.69, 9.17) is 4.74 Å². The van der Waals surface area contributed by atoms with Crippen molar-refractivity contribution in [3.63, 3.8) is 0 Å². The van der Waals surface area contributed by atoms with E-state index >= 15 is 0 Å². The number of likely N-dealkylation sites (N-methyl/N-ethyl adjacent to an activating group) is 1. The van der Waals surface area contributed by atoms with E-state index in [2.05, 4.69) is 10.4 Å². The van der Waals surface area contributed by atoms with Gasteiger partial charge in [-0.3, -0.25) is 19.7 Å². The van der Waals surface area contributed by atoms with Crippen molar-refractivity contribution in [1.29, 1.82) is 0 Å². The minimum atomic E-state index is -0.489. The zero-order chi connectivity index (χ0) is 22.4. The highest BCUT2D eigenvalue weighted by Crippen LogP contribution is 2.23. The van der Waals surface area contributed by atoms with Crippen LogP contribution >= 0.6 is 0 Å². The first-order valence-electron chi connectivity index (χ1n) is 9.45. The number of aromatic nitrogens is 2. The summed E-state index contributed by atoms with van der Waals surface area (Å²) in [6.07, 6.45) is 1.58. The number of nitro groups is 1. The monoisotopic (exact) mass is 423 g/mol. The van der Waals surface area contributed by atoms with Gasteiger partial charge in [0, 0.05) is 24.9 Å². The lowest BCUT2D eigenvalue weighted by atomic mass is 10.3. The van der Waals surface area contributed by atoms with E-state index in [9.17, 15) is 19.7 Å². The number of anilines is 1. The standard InChI is InChI=1S/C21H21N5O5/c1-3-24(14-20(27)22-17-6-4-5-7-19(17)31-2)21(28)18-12-13-25(23-18)15-8-10-16(11-9-15)26(29)30/h4-13H,3,14H2,1-2H3,(H,22,27). The lowest BCUT2D eigenvalue weighted by Crippen LogP contribution is -2.38. The molecule has 3 rings (SSSR count). The number of para-hydroxylation sites is 2. The molecule has 0 unspecified atom stereocenters. The van der Waals surface area contributed by atoms with Gasteiger partial charge in [0.1, 0.15) is 12.3 Å². The van der Waals surface area contributed by atoms with Gasteiger partial charge in [0.15, 0.2) is 5.69 Å². The summed E-state index contributed by atoms with van der Waals surface area (Å²) in [5, 5.41) is 17.8. The van der Waals surface area contributed by atoms with Gasteiger partial charge >= 0.3 is 0 Å². The van der Waals surface area contributed by atoms with Gasteiger partial charge in [-0.25, -0.2) is 4.68 Å². The molecule has 0 saturated heterocycles. The summed E-state index contributed by atoms with van der Waals surface area (Å²) in [4.78, 5) is 37.0. The summed E-state index contributed by atoms with van der Waals surface area (Å²) in [5.74, 6) is -0.250. The number of nitrogens with one attached hydrogen (secondary N) is 1. The highest BCUT2D eigenvalue weighted by molar-refractivity contribution is 5.99. The molecule has 1 N–H and O–H groups in total. The van der Waals surface area contributed by atoms with Crippen molar-refractivity contribution in [2.75, 3.05) is 25.5 Å². The zero-order valence-corrected chi connectivity index (χ0v) is 17.0. The van der Waals surface area contributed by atoms with Crippen molar-refractivity contribution in [3.05, 3.63) is 76.6 Å². The van der Waals surface area contributed by atoms with Crippen LogP contribution in [0, 0.1) is 10.1 Å². The van der Waals surface area contributed by atoms with Crippen LogP contribution < -0.4 is 10.1 Å². The van der Waals surface area contributed by atoms with Crippen LogP contribution in [0.2, 0.25) is 0 Å². The fourth-order valence-electron chi connectivity index (χ4n) is 2.91. The van der Waals surface area contributed by atoms with Crippen LogP contribution in [-0.2, 0) is 4.79 Å². The third kappa shape index (κ3) is 5.04. The van der Waals surface area contributed by atoms with E-state index in [0.717, 1.165) is 0 Å². The molecule has 2 aromatic carbocycles. The van der Waals surface area contributed by atoms with Crippen LogP contribution in [0.3, 0.4) is 0 Å². The molecule has 0 aliphatic carbocycles. The number of rotatable bonds is 8. The van der Waals surface area contributed by atoms with Crippen molar-refractivity contribution in [3.8, 4) is 11.4 Å². The van der Waals surface area contributed by atoms with Crippen LogP contribution in [0.15, 0.2) is 60.8 Å². The molecule has 10 heteroatoms. The first kappa shape index (κ1) is 21.5. The van der Waals surface area contributed by atoms with E-state index in [1.54, 1.807) is 37.4 Å². The summed E-state index contributed by atoms with van der Waals surface area (Å²) in [7, 11) is 1.51. The summed E-state index contributed by atoms with van der Waals surface area (Å²) < 4.78 is 6.66. The quantitative estimate of drug-likeness (QED) is 0.439. The average molecular weight is 423 g/mol. The molecule has 160 valence electrons. The largest absolute Gasteiger partial charge is 0.495 e. The molecular weight excluding hydrogens is 402 g/mol. The zero-order valence-electron chi connectivity index (χ0n) is 17.0. The molecule has 0 radical (unpaired) electrons. The molecule has 1 heterocycles. The third-order valence-electron chi connectivity index (χ3n) is 4.52. The van der Waals surface area contributed by atoms with E-state index in [1.807, 2.05) is 0 Å². The Balaban J connectivity index is 1.69. The highest BCUT2D eigenvalue weighted by Gasteiger charge is 2.20. The Labute approximate surface area is 178 Å². The van der Waals surface area contributed by atoms with Gasteiger partial charge in [0.2, 0.25) is 5.91 Å². The molecule has 0 aliphatic heterocycles. The molecule has 0 spiro atoms. The lowest BCUT2D eigenvalue weighted by Gasteiger charge is -2.19. The number of carbonyl (C=O) groups is 2. The minimum Gasteiger partial charge on any atom is -0.495 e. The summed E-state index contributed by atoms with van der Waals surface area (Å²) in [6.45, 7) is 1.92. The Kier molecular flexibility index (Phi) is 6.61. The number of hydrogen-bond donors (Lipinski definition) is 1. The molecular formula is C21H21N5O5. The highest BCUT2D eigenvalue weighted by atomic mass is 16.6. The van der Waals surface area contributed by atoms with Crippen molar-refractivity contribution in [2.45, 2.75) is 6.92 Å². The summed E-state index contributed by atoms with van der Waals surface area (Å²) in [5.41, 5.74) is 1.21. The Hall–Kier alpha value is -4.21. The maximum Gasteiger partial charge on any atom is 0.274 e. The van der Waals surface area contributed by atoms with Gasteiger partial charge in [-0.15, -0.1) is 0 Å². The van der Waals surface area contributed by atoms with Crippen molar-refractivity contribution in [1.82, 2.24) is 14.7 Å². The van der Waals surface area contributed by atoms with Crippen LogP contribution in [-0.4, -0.2) is 51.6 Å². The normalized spacial score (nSPS) is 10.4. The van der Waals surface area contributed by atoms with Crippen molar-refractivity contribution >= 4 is 23.2 Å². The van der Waals surface area contributed by atoms with E-state index < -0.39 is 10.8 Å². The Morgan fingerprint density at radius 3 is 2.52 bits per heavy atom. The molecule has 0 bridgehead atoms. The molecule has 1 aromatic heterocycles. The number of non-ortho nitro benzene ring substituents is 1. The number of methoxy groups -OCH3 is 1. The maximum atomic E-state index is 12.8. The second-order valence-electron chi connectivity index (χ2n) is 6.49. The molecule has 2 amide bonds. The summed E-state index contributed by atoms with van der Waals surface area (Å²) >= 11 is 0. The Morgan fingerprint density at radius 1 is 1.16 bits per heavy atom. The predicted molar refractivity (Wildman–Crippen MR) is 113 cm³/mol. The maximum absolute atomic E-state index is 12.8. The molecule has 0 atom stereocenters. The van der Waals surface area contributed by atoms with Gasteiger partial charge in [-0.05, 0) is 37.3 Å². The Bertz CT molecular complexity index is 1090. The number of nitro benzene ring substituents is 1. The van der Waals surface area contributed by atoms with Gasteiger partial charge in [-0.2, -0.15) is 5.10 Å². The number of ether oxygens (including phenoxy) is 1. The molecule has 10 nitrogen and oxygen atoms in total. The second-order valence-corrected chi connectivity index (χ2v) is 6.49. The fourth-order valence-corrected chi connectivity index (χ4v) is 2.91. The smallest absolute Gasteiger partial charge is 0.274 e. The number of hydrogen-bond acceptors (Lipinski definition) is 6. The minimum absolute atomic E-state index is 0.0366. The van der Waals surface area contributed by atoms with Crippen LogP contribution in [0.5, 0.6) is 5.75 Å². The topological polar surface area (TPSA) is 120 Å². The molecule has 0 fully saturated rings. The SMILES string of the molecule is CCN(CC(=O)Nc1ccccc1OC)C(=O)c1ccn(-c2ccc([N+](=O)[O-])cc2)n1. The molecule has 0 aliphatic rings. The third-order valence-corrected chi connectivity index (χ3v) is 4.52. The van der Waals surface area contributed by atoms with E-state index in [0.29, 0.717) is 23.7 Å². The molecule has 31 heavy (non-hydrogen) atoms. The molecule has 3 aromatic rings. The summed E-state index contributed by atoms with van der Waals surface area (Å²) in [6, 6.07) is 14.3. The number of carbonyl (C=O) groups excluding carboxylic acids is 2. The van der Waals surface area contributed by atoms with Gasteiger partial charge in [-0.1, -0.05) is 12.1 Å². The second kappa shape index (κ2) is 9.53. The van der Waals surface area contributed by atoms with Gasteiger partial charge in [0.05, 0.1) is 23.4 Å². The number of amides is 2. The number of nitrogens with zero attached hydrogens (tertiary/aromatic N) is 4.